The number of carbonyl (C=O) groups is 1. The number of rotatable bonds is 5. The molecule has 0 atom stereocenters. The van der Waals surface area contributed by atoms with Gasteiger partial charge in [-0.2, -0.15) is 5.26 Å². The van der Waals surface area contributed by atoms with E-state index in [0.717, 1.165) is 10.6 Å². The Morgan fingerprint density at radius 2 is 1.83 bits per heavy atom. The standard InChI is InChI=1S/C16H14ClN3O3S/c1-24(22,23)20(15-5-3-2-4-12(15)10-18)11-16(21)19-14-8-6-13(17)7-9-14/h2-9H,11H2,1H3,(H,19,21). The molecule has 0 aliphatic rings. The Morgan fingerprint density at radius 3 is 2.42 bits per heavy atom. The summed E-state index contributed by atoms with van der Waals surface area (Å²) in [5.74, 6) is -0.532. The van der Waals surface area contributed by atoms with Gasteiger partial charge in [-0.3, -0.25) is 9.10 Å². The Labute approximate surface area is 145 Å². The molecule has 0 unspecified atom stereocenters. The average molecular weight is 364 g/mol. The third-order valence-electron chi connectivity index (χ3n) is 3.11. The summed E-state index contributed by atoms with van der Waals surface area (Å²) in [6.45, 7) is -0.444. The SMILES string of the molecule is CS(=O)(=O)N(CC(=O)Nc1ccc(Cl)cc1)c1ccccc1C#N. The summed E-state index contributed by atoms with van der Waals surface area (Å²) in [7, 11) is -3.74. The topological polar surface area (TPSA) is 90.3 Å². The van der Waals surface area contributed by atoms with Gasteiger partial charge >= 0.3 is 0 Å². The lowest BCUT2D eigenvalue weighted by atomic mass is 10.2. The maximum absolute atomic E-state index is 12.2. The number of nitrogens with one attached hydrogen (secondary N) is 1. The van der Waals surface area contributed by atoms with Gasteiger partial charge in [-0.1, -0.05) is 23.7 Å². The number of nitrogens with zero attached hydrogens (tertiary/aromatic N) is 2. The number of amides is 1. The van der Waals surface area contributed by atoms with Gasteiger partial charge in [0, 0.05) is 10.7 Å². The van der Waals surface area contributed by atoms with Gasteiger partial charge in [0.05, 0.1) is 17.5 Å². The Kier molecular flexibility index (Phi) is 5.44. The van der Waals surface area contributed by atoms with E-state index >= 15 is 0 Å². The number of benzene rings is 2. The zero-order valence-electron chi connectivity index (χ0n) is 12.7. The van der Waals surface area contributed by atoms with Gasteiger partial charge in [0.15, 0.2) is 0 Å². The van der Waals surface area contributed by atoms with Crippen molar-refractivity contribution >= 4 is 38.9 Å². The number of sulfonamides is 1. The van der Waals surface area contributed by atoms with Crippen LogP contribution in [0.2, 0.25) is 5.02 Å². The highest BCUT2D eigenvalue weighted by molar-refractivity contribution is 7.92. The molecule has 0 heterocycles. The van der Waals surface area contributed by atoms with Crippen LogP contribution in [0.1, 0.15) is 5.56 Å². The summed E-state index contributed by atoms with van der Waals surface area (Å²) in [5, 5.41) is 12.3. The monoisotopic (exact) mass is 363 g/mol. The van der Waals surface area contributed by atoms with E-state index < -0.39 is 22.5 Å². The molecule has 0 radical (unpaired) electrons. The molecule has 0 aliphatic carbocycles. The zero-order valence-corrected chi connectivity index (χ0v) is 14.3. The van der Waals surface area contributed by atoms with Crippen LogP contribution in [0.3, 0.4) is 0 Å². The minimum absolute atomic E-state index is 0.161. The molecule has 2 aromatic rings. The Morgan fingerprint density at radius 1 is 1.21 bits per heavy atom. The second-order valence-corrected chi connectivity index (χ2v) is 7.30. The first-order chi connectivity index (χ1) is 11.3. The van der Waals surface area contributed by atoms with E-state index in [-0.39, 0.29) is 11.3 Å². The van der Waals surface area contributed by atoms with Gasteiger partial charge < -0.3 is 5.32 Å². The van der Waals surface area contributed by atoms with E-state index in [9.17, 15) is 13.2 Å². The predicted octanol–water partition coefficient (Wildman–Crippen LogP) is 2.62. The van der Waals surface area contributed by atoms with E-state index in [0.29, 0.717) is 10.7 Å². The van der Waals surface area contributed by atoms with E-state index in [2.05, 4.69) is 5.32 Å². The highest BCUT2D eigenvalue weighted by atomic mass is 35.5. The zero-order chi connectivity index (χ0) is 17.7. The number of hydrogen-bond donors (Lipinski definition) is 1. The second kappa shape index (κ2) is 7.34. The average Bonchev–Trinajstić information content (AvgIpc) is 2.54. The summed E-state index contributed by atoms with van der Waals surface area (Å²) in [6.07, 6.45) is 0.983. The van der Waals surface area contributed by atoms with Gasteiger partial charge in [0.2, 0.25) is 15.9 Å². The first kappa shape index (κ1) is 17.8. The fourth-order valence-electron chi connectivity index (χ4n) is 2.03. The molecule has 1 N–H and O–H groups in total. The van der Waals surface area contributed by atoms with Gasteiger partial charge in [0.1, 0.15) is 12.6 Å². The molecule has 0 aromatic heterocycles. The molecular formula is C16H14ClN3O3S. The van der Waals surface area contributed by atoms with Crippen LogP contribution < -0.4 is 9.62 Å². The maximum Gasteiger partial charge on any atom is 0.245 e. The van der Waals surface area contributed by atoms with Crippen LogP contribution in [0.15, 0.2) is 48.5 Å². The Bertz CT molecular complexity index is 890. The van der Waals surface area contributed by atoms with Gasteiger partial charge in [0.25, 0.3) is 0 Å². The minimum Gasteiger partial charge on any atom is -0.325 e. The number of halogens is 1. The molecule has 0 aliphatic heterocycles. The van der Waals surface area contributed by atoms with Crippen molar-refractivity contribution in [2.24, 2.45) is 0 Å². The molecule has 1 amide bonds. The first-order valence-electron chi connectivity index (χ1n) is 6.83. The van der Waals surface area contributed by atoms with Gasteiger partial charge in [-0.05, 0) is 36.4 Å². The molecule has 0 saturated heterocycles. The number of hydrogen-bond acceptors (Lipinski definition) is 4. The molecule has 2 aromatic carbocycles. The quantitative estimate of drug-likeness (QED) is 0.884. The summed E-state index contributed by atoms with van der Waals surface area (Å²) < 4.78 is 25.0. The third kappa shape index (κ3) is 4.47. The van der Waals surface area contributed by atoms with Crippen LogP contribution in [0.25, 0.3) is 0 Å². The number of nitriles is 1. The van der Waals surface area contributed by atoms with Crippen molar-refractivity contribution < 1.29 is 13.2 Å². The Balaban J connectivity index is 2.25. The smallest absolute Gasteiger partial charge is 0.245 e. The van der Waals surface area contributed by atoms with Crippen molar-refractivity contribution in [3.05, 3.63) is 59.1 Å². The molecular weight excluding hydrogens is 350 g/mol. The summed E-state index contributed by atoms with van der Waals surface area (Å²) in [4.78, 5) is 12.2. The van der Waals surface area contributed by atoms with Crippen LogP contribution in [0, 0.1) is 11.3 Å². The lowest BCUT2D eigenvalue weighted by Gasteiger charge is -2.22. The maximum atomic E-state index is 12.2. The molecule has 0 saturated carbocycles. The van der Waals surface area contributed by atoms with E-state index in [1.165, 1.54) is 12.1 Å². The highest BCUT2D eigenvalue weighted by Crippen LogP contribution is 2.22. The Hall–Kier alpha value is -2.56. The van der Waals surface area contributed by atoms with Crippen molar-refractivity contribution in [3.63, 3.8) is 0 Å². The molecule has 0 spiro atoms. The third-order valence-corrected chi connectivity index (χ3v) is 4.49. The van der Waals surface area contributed by atoms with Crippen LogP contribution >= 0.6 is 11.6 Å². The normalized spacial score (nSPS) is 10.7. The van der Waals surface area contributed by atoms with Crippen LogP contribution in [0.4, 0.5) is 11.4 Å². The van der Waals surface area contributed by atoms with Crippen LogP contribution in [0.5, 0.6) is 0 Å². The second-order valence-electron chi connectivity index (χ2n) is 4.95. The molecule has 124 valence electrons. The molecule has 6 nitrogen and oxygen atoms in total. The first-order valence-corrected chi connectivity index (χ1v) is 9.06. The van der Waals surface area contributed by atoms with E-state index in [4.69, 9.17) is 16.9 Å². The fourth-order valence-corrected chi connectivity index (χ4v) is 3.03. The van der Waals surface area contributed by atoms with E-state index in [1.54, 1.807) is 36.4 Å². The van der Waals surface area contributed by atoms with Crippen LogP contribution in [-0.2, 0) is 14.8 Å². The van der Waals surface area contributed by atoms with Crippen molar-refractivity contribution in [1.82, 2.24) is 0 Å². The summed E-state index contributed by atoms with van der Waals surface area (Å²) in [5.41, 5.74) is 0.822. The number of anilines is 2. The predicted molar refractivity (Wildman–Crippen MR) is 93.4 cm³/mol. The molecule has 24 heavy (non-hydrogen) atoms. The molecule has 8 heteroatoms. The van der Waals surface area contributed by atoms with Gasteiger partial charge in [-0.25, -0.2) is 8.42 Å². The van der Waals surface area contributed by atoms with Gasteiger partial charge in [-0.15, -0.1) is 0 Å². The fraction of sp³-hybridized carbons (Fsp3) is 0.125. The van der Waals surface area contributed by atoms with Crippen molar-refractivity contribution in [1.29, 1.82) is 5.26 Å². The van der Waals surface area contributed by atoms with Crippen molar-refractivity contribution in [3.8, 4) is 6.07 Å². The number of carbonyl (C=O) groups excluding carboxylic acids is 1. The molecule has 2 rings (SSSR count). The minimum atomic E-state index is -3.74. The summed E-state index contributed by atoms with van der Waals surface area (Å²) in [6, 6.07) is 14.5. The largest absolute Gasteiger partial charge is 0.325 e. The molecule has 0 fully saturated rings. The van der Waals surface area contributed by atoms with Crippen molar-refractivity contribution in [2.75, 3.05) is 22.4 Å². The highest BCUT2D eigenvalue weighted by Gasteiger charge is 2.23. The lowest BCUT2D eigenvalue weighted by Crippen LogP contribution is -2.37. The lowest BCUT2D eigenvalue weighted by molar-refractivity contribution is -0.114. The molecule has 0 bridgehead atoms. The summed E-state index contributed by atoms with van der Waals surface area (Å²) >= 11 is 5.77. The van der Waals surface area contributed by atoms with Crippen molar-refractivity contribution in [2.45, 2.75) is 0 Å². The van der Waals surface area contributed by atoms with Crippen LogP contribution in [-0.4, -0.2) is 27.1 Å². The van der Waals surface area contributed by atoms with E-state index in [1.807, 2.05) is 6.07 Å². The number of para-hydroxylation sites is 1.